The minimum absolute atomic E-state index is 0.126. The van der Waals surface area contributed by atoms with E-state index in [-0.39, 0.29) is 13.2 Å². The molecule has 0 aliphatic rings. The third-order valence-corrected chi connectivity index (χ3v) is 4.62. The normalized spacial score (nSPS) is 10.0. The molecule has 0 bridgehead atoms. The molecule has 2 aromatic rings. The van der Waals surface area contributed by atoms with Crippen LogP contribution in [0.15, 0.2) is 46.2 Å². The fraction of sp³-hybridized carbons (Fsp3) is 0.222. The van der Waals surface area contributed by atoms with Gasteiger partial charge in [-0.25, -0.2) is 4.21 Å². The minimum Gasteiger partial charge on any atom is -0.477 e. The van der Waals surface area contributed by atoms with Crippen LogP contribution in [0.3, 0.4) is 0 Å². The van der Waals surface area contributed by atoms with E-state index in [1.165, 1.54) is 0 Å². The molecule has 0 saturated carbocycles. The molecule has 2 rings (SSSR count). The molecule has 0 fully saturated rings. The number of hydrogen-bond acceptors (Lipinski definition) is 5. The molecule has 0 aromatic heterocycles. The monoisotopic (exact) mass is 340 g/mol. The van der Waals surface area contributed by atoms with Gasteiger partial charge in [0.2, 0.25) is 0 Å². The minimum atomic E-state index is -1.57. The fourth-order valence-corrected chi connectivity index (χ4v) is 3.54. The van der Waals surface area contributed by atoms with E-state index >= 15 is 0 Å². The first-order valence-electron chi connectivity index (χ1n) is 7.19. The zero-order valence-electron chi connectivity index (χ0n) is 13.4. The lowest BCUT2D eigenvalue weighted by Gasteiger charge is -2.13. The maximum absolute atomic E-state index is 13.1. The van der Waals surface area contributed by atoms with E-state index in [1.807, 2.05) is 38.1 Å². The highest BCUT2D eigenvalue weighted by molar-refractivity contribution is 7.85. The van der Waals surface area contributed by atoms with Crippen LogP contribution >= 0.6 is 0 Å². The maximum atomic E-state index is 13.1. The second-order valence-corrected chi connectivity index (χ2v) is 6.48. The van der Waals surface area contributed by atoms with Crippen LogP contribution < -0.4 is 9.47 Å². The Bertz CT molecular complexity index is 781. The fourth-order valence-electron chi connectivity index (χ4n) is 2.10. The number of hydrogen-bond donors (Lipinski definition) is 0. The quantitative estimate of drug-likeness (QED) is 0.806. The van der Waals surface area contributed by atoms with Crippen LogP contribution in [-0.4, -0.2) is 17.4 Å². The summed E-state index contributed by atoms with van der Waals surface area (Å²) in [4.78, 5) is 0.940. The van der Waals surface area contributed by atoms with Crippen LogP contribution in [0.2, 0.25) is 0 Å². The van der Waals surface area contributed by atoms with Crippen molar-refractivity contribution in [2.75, 3.05) is 13.2 Å². The Morgan fingerprint density at radius 2 is 1.29 bits per heavy atom. The second kappa shape index (κ2) is 8.14. The van der Waals surface area contributed by atoms with Crippen molar-refractivity contribution in [3.63, 3.8) is 0 Å². The predicted octanol–water partition coefficient (Wildman–Crippen LogP) is 3.27. The van der Waals surface area contributed by atoms with Crippen LogP contribution in [0.25, 0.3) is 0 Å². The molecule has 0 unspecified atom stereocenters. The lowest BCUT2D eigenvalue weighted by Crippen LogP contribution is -2.04. The molecule has 0 aliphatic carbocycles. The smallest absolute Gasteiger partial charge is 0.174 e. The van der Waals surface area contributed by atoms with Gasteiger partial charge in [-0.05, 0) is 49.2 Å². The highest BCUT2D eigenvalue weighted by atomic mass is 32.2. The summed E-state index contributed by atoms with van der Waals surface area (Å²) < 4.78 is 23.9. The van der Waals surface area contributed by atoms with Gasteiger partial charge in [0.05, 0.1) is 20.6 Å². The molecule has 0 spiro atoms. The van der Waals surface area contributed by atoms with Gasteiger partial charge >= 0.3 is 0 Å². The molecule has 122 valence electrons. The lowest BCUT2D eigenvalue weighted by atomic mass is 10.2. The zero-order valence-corrected chi connectivity index (χ0v) is 14.2. The van der Waals surface area contributed by atoms with Crippen LogP contribution in [0.1, 0.15) is 11.1 Å². The molecule has 6 heteroatoms. The van der Waals surface area contributed by atoms with Gasteiger partial charge in [0.15, 0.2) is 13.2 Å². The molecule has 5 nitrogen and oxygen atoms in total. The Morgan fingerprint density at radius 3 is 1.67 bits per heavy atom. The van der Waals surface area contributed by atoms with Gasteiger partial charge < -0.3 is 9.47 Å². The lowest BCUT2D eigenvalue weighted by molar-refractivity contribution is 0.356. The topological polar surface area (TPSA) is 83.1 Å². The summed E-state index contributed by atoms with van der Waals surface area (Å²) in [5.41, 5.74) is 1.85. The summed E-state index contributed by atoms with van der Waals surface area (Å²) in [7, 11) is -1.57. The van der Waals surface area contributed by atoms with Crippen molar-refractivity contribution in [2.45, 2.75) is 23.6 Å². The summed E-state index contributed by atoms with van der Waals surface area (Å²) in [5.74, 6) is 0.793. The number of ether oxygens (including phenoxy) is 2. The van der Waals surface area contributed by atoms with Crippen molar-refractivity contribution in [3.05, 3.63) is 47.5 Å². The third kappa shape index (κ3) is 4.13. The zero-order chi connectivity index (χ0) is 17.5. The Kier molecular flexibility index (Phi) is 5.95. The Morgan fingerprint density at radius 1 is 0.875 bits per heavy atom. The molecule has 0 amide bonds. The number of nitrogens with zero attached hydrogens (tertiary/aromatic N) is 2. The van der Waals surface area contributed by atoms with E-state index < -0.39 is 10.8 Å². The van der Waals surface area contributed by atoms with Crippen LogP contribution in [0, 0.1) is 36.5 Å². The van der Waals surface area contributed by atoms with Crippen molar-refractivity contribution in [2.24, 2.45) is 0 Å². The van der Waals surface area contributed by atoms with Gasteiger partial charge in [0.1, 0.15) is 23.6 Å². The molecular formula is C18H16N2O3S. The largest absolute Gasteiger partial charge is 0.477 e. The van der Waals surface area contributed by atoms with Gasteiger partial charge in [0, 0.05) is 0 Å². The highest BCUT2D eigenvalue weighted by Gasteiger charge is 2.18. The van der Waals surface area contributed by atoms with E-state index in [0.717, 1.165) is 11.1 Å². The van der Waals surface area contributed by atoms with E-state index in [4.69, 9.17) is 20.0 Å². The molecule has 0 saturated heterocycles. The van der Waals surface area contributed by atoms with E-state index in [0.29, 0.717) is 21.3 Å². The molecule has 0 aliphatic heterocycles. The van der Waals surface area contributed by atoms with Crippen LogP contribution in [0.5, 0.6) is 11.5 Å². The van der Waals surface area contributed by atoms with Gasteiger partial charge in [-0.15, -0.1) is 0 Å². The Hall–Kier alpha value is -2.83. The number of benzene rings is 2. The molecule has 0 N–H and O–H groups in total. The van der Waals surface area contributed by atoms with E-state index in [2.05, 4.69) is 0 Å². The molecule has 0 atom stereocenters. The van der Waals surface area contributed by atoms with Crippen molar-refractivity contribution >= 4 is 10.8 Å². The van der Waals surface area contributed by atoms with Crippen LogP contribution in [-0.2, 0) is 10.8 Å². The molecule has 2 aromatic carbocycles. The first kappa shape index (κ1) is 17.5. The average molecular weight is 340 g/mol. The van der Waals surface area contributed by atoms with Gasteiger partial charge in [-0.2, -0.15) is 10.5 Å². The van der Waals surface area contributed by atoms with Gasteiger partial charge in [-0.3, -0.25) is 0 Å². The molecule has 24 heavy (non-hydrogen) atoms. The first-order chi connectivity index (χ1) is 11.6. The van der Waals surface area contributed by atoms with Crippen molar-refractivity contribution in [1.82, 2.24) is 0 Å². The molecule has 0 radical (unpaired) electrons. The van der Waals surface area contributed by atoms with E-state index in [9.17, 15) is 4.21 Å². The Labute approximate surface area is 143 Å². The summed E-state index contributed by atoms with van der Waals surface area (Å²) in [6.07, 6.45) is 0. The maximum Gasteiger partial charge on any atom is 0.174 e. The summed E-state index contributed by atoms with van der Waals surface area (Å²) in [5, 5.41) is 17.4. The molecular weight excluding hydrogens is 324 g/mol. The predicted molar refractivity (Wildman–Crippen MR) is 89.2 cm³/mol. The number of rotatable bonds is 6. The second-order valence-electron chi connectivity index (χ2n) is 5.06. The van der Waals surface area contributed by atoms with Crippen molar-refractivity contribution in [3.8, 4) is 23.6 Å². The SMILES string of the molecule is Cc1ccc(OCC#N)c(S(=O)c2cc(C)ccc2OCC#N)c1. The Balaban J connectivity index is 2.49. The average Bonchev–Trinajstić information content (AvgIpc) is 2.59. The summed E-state index contributed by atoms with van der Waals surface area (Å²) >= 11 is 0. The number of aryl methyl sites for hydroxylation is 2. The van der Waals surface area contributed by atoms with E-state index in [1.54, 1.807) is 24.3 Å². The standard InChI is InChI=1S/C18H16N2O3S/c1-13-3-5-15(22-9-7-19)17(11-13)24(21)18-12-14(2)4-6-16(18)23-10-8-20/h3-6,11-12H,9-10H2,1-2H3. The molecule has 0 heterocycles. The summed E-state index contributed by atoms with van der Waals surface area (Å²) in [6.45, 7) is 3.52. The third-order valence-electron chi connectivity index (χ3n) is 3.18. The van der Waals surface area contributed by atoms with Crippen molar-refractivity contribution < 1.29 is 13.7 Å². The highest BCUT2D eigenvalue weighted by Crippen LogP contribution is 2.32. The number of nitriles is 2. The first-order valence-corrected chi connectivity index (χ1v) is 8.34. The van der Waals surface area contributed by atoms with Crippen LogP contribution in [0.4, 0.5) is 0 Å². The van der Waals surface area contributed by atoms with Crippen molar-refractivity contribution in [1.29, 1.82) is 10.5 Å². The van der Waals surface area contributed by atoms with Gasteiger partial charge in [0.25, 0.3) is 0 Å². The van der Waals surface area contributed by atoms with Gasteiger partial charge in [-0.1, -0.05) is 12.1 Å². The summed E-state index contributed by atoms with van der Waals surface area (Å²) in [6, 6.07) is 14.4.